The molecule has 0 saturated heterocycles. The number of aromatic hydroxyl groups is 1. The Kier molecular flexibility index (Phi) is 6.74. The van der Waals surface area contributed by atoms with Gasteiger partial charge in [-0.2, -0.15) is 18.3 Å². The summed E-state index contributed by atoms with van der Waals surface area (Å²) in [4.78, 5) is 51.3. The fraction of sp³-hybridized carbons (Fsp3) is 0.292. The number of hydrogen-bond donors (Lipinski definition) is 3. The molecule has 0 saturated carbocycles. The van der Waals surface area contributed by atoms with Crippen LogP contribution in [-0.2, 0) is 37.7 Å². The molecule has 0 atom stereocenters. The van der Waals surface area contributed by atoms with Crippen LogP contribution in [0, 0.1) is 6.92 Å². The van der Waals surface area contributed by atoms with Crippen LogP contribution in [0.5, 0.6) is 5.75 Å². The average molecular weight is 533 g/mol. The van der Waals surface area contributed by atoms with E-state index in [1.807, 2.05) is 5.32 Å². The molecule has 0 spiro atoms. The van der Waals surface area contributed by atoms with E-state index in [1.54, 1.807) is 20.0 Å². The molecule has 0 unspecified atom stereocenters. The Bertz CT molecular complexity index is 1490. The lowest BCUT2D eigenvalue weighted by Crippen LogP contribution is -2.37. The summed E-state index contributed by atoms with van der Waals surface area (Å²) < 4.78 is 41.5. The Morgan fingerprint density at radius 3 is 2.34 bits per heavy atom. The number of amides is 2. The summed E-state index contributed by atoms with van der Waals surface area (Å²) in [6.45, 7) is 0.311. The number of aromatic nitrogens is 3. The zero-order chi connectivity index (χ0) is 27.9. The van der Waals surface area contributed by atoms with Crippen LogP contribution in [0.2, 0.25) is 0 Å². The number of carboxylic acids is 1. The highest BCUT2D eigenvalue weighted by Gasteiger charge is 2.35. The molecule has 1 aromatic carbocycles. The SMILES string of the molecule is Cc1cc(C(=O)N2Cc3c(O)c(C(=O)NCC(=O)O)c(=O)n(Cc4ccc(C(F)(F)F)cc4)c3C2)nn1C. The van der Waals surface area contributed by atoms with Crippen molar-refractivity contribution in [1.29, 1.82) is 0 Å². The maximum absolute atomic E-state index is 13.4. The van der Waals surface area contributed by atoms with Crippen LogP contribution in [0.3, 0.4) is 0 Å². The lowest BCUT2D eigenvalue weighted by Gasteiger charge is -2.16. The molecule has 11 nitrogen and oxygen atoms in total. The third-order valence-electron chi connectivity index (χ3n) is 6.21. The van der Waals surface area contributed by atoms with E-state index in [9.17, 15) is 37.5 Å². The summed E-state index contributed by atoms with van der Waals surface area (Å²) in [5.74, 6) is -3.74. The van der Waals surface area contributed by atoms with Crippen molar-refractivity contribution in [2.75, 3.05) is 6.54 Å². The third-order valence-corrected chi connectivity index (χ3v) is 6.21. The minimum absolute atomic E-state index is 0.0815. The number of carbonyl (C=O) groups is 3. The van der Waals surface area contributed by atoms with Gasteiger partial charge in [0, 0.05) is 24.0 Å². The molecular weight excluding hydrogens is 511 g/mol. The number of nitrogens with one attached hydrogen (secondary N) is 1. The molecular formula is C24H22F3N5O6. The number of alkyl halides is 3. The fourth-order valence-electron chi connectivity index (χ4n) is 4.15. The van der Waals surface area contributed by atoms with Gasteiger partial charge in [0.05, 0.1) is 25.2 Å². The van der Waals surface area contributed by atoms with Gasteiger partial charge >= 0.3 is 12.1 Å². The summed E-state index contributed by atoms with van der Waals surface area (Å²) in [7, 11) is 1.65. The van der Waals surface area contributed by atoms with Crippen LogP contribution >= 0.6 is 0 Å². The van der Waals surface area contributed by atoms with Gasteiger partial charge in [-0.3, -0.25) is 23.9 Å². The molecule has 4 rings (SSSR count). The molecule has 0 fully saturated rings. The number of carboxylic acid groups (broad SMARTS) is 1. The van der Waals surface area contributed by atoms with E-state index in [0.29, 0.717) is 5.69 Å². The Morgan fingerprint density at radius 1 is 1.13 bits per heavy atom. The molecule has 200 valence electrons. The number of hydrogen-bond acceptors (Lipinski definition) is 6. The van der Waals surface area contributed by atoms with Crippen LogP contribution in [0.1, 0.15) is 48.9 Å². The Labute approximate surface area is 212 Å². The first-order chi connectivity index (χ1) is 17.8. The monoisotopic (exact) mass is 533 g/mol. The highest BCUT2D eigenvalue weighted by atomic mass is 19.4. The number of fused-ring (bicyclic) bond motifs is 1. The van der Waals surface area contributed by atoms with Crippen molar-refractivity contribution in [3.8, 4) is 5.75 Å². The normalized spacial score (nSPS) is 12.9. The van der Waals surface area contributed by atoms with E-state index in [0.717, 1.165) is 16.7 Å². The van der Waals surface area contributed by atoms with E-state index in [2.05, 4.69) is 5.10 Å². The zero-order valence-corrected chi connectivity index (χ0v) is 20.2. The summed E-state index contributed by atoms with van der Waals surface area (Å²) in [5, 5.41) is 25.9. The Hall–Kier alpha value is -4.62. The molecule has 3 heterocycles. The van der Waals surface area contributed by atoms with E-state index < -0.39 is 52.9 Å². The summed E-state index contributed by atoms with van der Waals surface area (Å²) in [6.07, 6.45) is -4.56. The van der Waals surface area contributed by atoms with Crippen molar-refractivity contribution in [2.24, 2.45) is 7.05 Å². The lowest BCUT2D eigenvalue weighted by atomic mass is 10.1. The smallest absolute Gasteiger partial charge is 0.416 e. The van der Waals surface area contributed by atoms with Gasteiger partial charge in [-0.1, -0.05) is 12.1 Å². The van der Waals surface area contributed by atoms with Crippen molar-refractivity contribution in [3.05, 3.63) is 80.0 Å². The molecule has 1 aliphatic heterocycles. The topological polar surface area (TPSA) is 147 Å². The van der Waals surface area contributed by atoms with Gasteiger partial charge in [-0.05, 0) is 30.7 Å². The summed E-state index contributed by atoms with van der Waals surface area (Å²) in [6, 6.07) is 5.60. The number of carbonyl (C=O) groups excluding carboxylic acids is 2. The minimum atomic E-state index is -4.56. The van der Waals surface area contributed by atoms with E-state index in [4.69, 9.17) is 5.11 Å². The van der Waals surface area contributed by atoms with E-state index >= 15 is 0 Å². The third kappa shape index (κ3) is 4.96. The van der Waals surface area contributed by atoms with Gasteiger partial charge in [-0.15, -0.1) is 0 Å². The first-order valence-corrected chi connectivity index (χ1v) is 11.2. The Balaban J connectivity index is 1.77. The highest BCUT2D eigenvalue weighted by Crippen LogP contribution is 2.33. The van der Waals surface area contributed by atoms with Gasteiger partial charge in [0.25, 0.3) is 17.4 Å². The van der Waals surface area contributed by atoms with Gasteiger partial charge < -0.3 is 25.0 Å². The second-order valence-electron chi connectivity index (χ2n) is 8.77. The number of halogens is 3. The molecule has 2 amide bonds. The molecule has 38 heavy (non-hydrogen) atoms. The first-order valence-electron chi connectivity index (χ1n) is 11.2. The van der Waals surface area contributed by atoms with Crippen LogP contribution in [0.4, 0.5) is 13.2 Å². The molecule has 0 aliphatic carbocycles. The van der Waals surface area contributed by atoms with Crippen molar-refractivity contribution in [1.82, 2.24) is 24.6 Å². The van der Waals surface area contributed by atoms with Crippen LogP contribution in [-0.4, -0.2) is 53.8 Å². The second-order valence-corrected chi connectivity index (χ2v) is 8.77. The van der Waals surface area contributed by atoms with Crippen LogP contribution < -0.4 is 10.9 Å². The molecule has 3 N–H and O–H groups in total. The van der Waals surface area contributed by atoms with Gasteiger partial charge in [0.1, 0.15) is 17.9 Å². The van der Waals surface area contributed by atoms with Crippen molar-refractivity contribution in [3.63, 3.8) is 0 Å². The van der Waals surface area contributed by atoms with Gasteiger partial charge in [0.15, 0.2) is 5.69 Å². The highest BCUT2D eigenvalue weighted by molar-refractivity contribution is 5.98. The minimum Gasteiger partial charge on any atom is -0.506 e. The number of aliphatic carboxylic acids is 1. The molecule has 1 aliphatic rings. The summed E-state index contributed by atoms with van der Waals surface area (Å²) in [5.41, 5.74) is -1.23. The lowest BCUT2D eigenvalue weighted by molar-refractivity contribution is -0.138. The van der Waals surface area contributed by atoms with Crippen LogP contribution in [0.25, 0.3) is 0 Å². The first kappa shape index (κ1) is 26.4. The fourth-order valence-corrected chi connectivity index (χ4v) is 4.15. The standard InChI is InChI=1S/C24H22F3N5O6/c1-12-7-16(29-30(12)2)22(37)31-10-15-17(11-31)32(9-13-3-5-14(6-4-13)24(25,26)27)23(38)19(20(15)35)21(36)28-8-18(33)34/h3-7,35H,8-11H2,1-2H3,(H,28,36)(H,33,34). The number of rotatable bonds is 6. The number of nitrogens with zero attached hydrogens (tertiary/aromatic N) is 4. The van der Waals surface area contributed by atoms with Crippen molar-refractivity contribution >= 4 is 17.8 Å². The maximum Gasteiger partial charge on any atom is 0.416 e. The molecule has 3 aromatic rings. The molecule has 0 radical (unpaired) electrons. The predicted octanol–water partition coefficient (Wildman–Crippen LogP) is 1.63. The molecule has 14 heteroatoms. The number of benzene rings is 1. The van der Waals surface area contributed by atoms with E-state index in [1.165, 1.54) is 21.7 Å². The second kappa shape index (κ2) is 9.68. The number of pyridine rings is 1. The van der Waals surface area contributed by atoms with Crippen molar-refractivity contribution in [2.45, 2.75) is 32.7 Å². The largest absolute Gasteiger partial charge is 0.506 e. The zero-order valence-electron chi connectivity index (χ0n) is 20.2. The Morgan fingerprint density at radius 2 is 1.79 bits per heavy atom. The molecule has 0 bridgehead atoms. The van der Waals surface area contributed by atoms with Crippen molar-refractivity contribution < 1.29 is 37.8 Å². The van der Waals surface area contributed by atoms with Gasteiger partial charge in [-0.25, -0.2) is 0 Å². The molecule has 2 aromatic heterocycles. The predicted molar refractivity (Wildman–Crippen MR) is 124 cm³/mol. The quantitative estimate of drug-likeness (QED) is 0.437. The van der Waals surface area contributed by atoms with Crippen LogP contribution in [0.15, 0.2) is 35.1 Å². The average Bonchev–Trinajstić information content (AvgIpc) is 3.43. The summed E-state index contributed by atoms with van der Waals surface area (Å²) >= 11 is 0. The van der Waals surface area contributed by atoms with E-state index in [-0.39, 0.29) is 42.1 Å². The number of aryl methyl sites for hydroxylation is 2. The maximum atomic E-state index is 13.4. The van der Waals surface area contributed by atoms with Gasteiger partial charge in [0.2, 0.25) is 0 Å².